The number of nitrogens with one attached hydrogen (secondary N) is 1. The minimum absolute atomic E-state index is 0.163. The van der Waals surface area contributed by atoms with Crippen molar-refractivity contribution in [2.75, 3.05) is 6.61 Å². The van der Waals surface area contributed by atoms with Crippen LogP contribution in [0.4, 0.5) is 0 Å². The molecule has 2 nitrogen and oxygen atoms in total. The maximum atomic E-state index is 9.14. The van der Waals surface area contributed by atoms with E-state index in [1.807, 2.05) is 0 Å². The van der Waals surface area contributed by atoms with Gasteiger partial charge in [-0.1, -0.05) is 26.8 Å². The second-order valence-electron chi connectivity index (χ2n) is 5.71. The van der Waals surface area contributed by atoms with Gasteiger partial charge in [0, 0.05) is 23.2 Å². The Morgan fingerprint density at radius 2 is 1.94 bits per heavy atom. The van der Waals surface area contributed by atoms with Crippen LogP contribution in [0.3, 0.4) is 0 Å². The third kappa shape index (κ3) is 2.22. The highest BCUT2D eigenvalue weighted by Gasteiger charge is 2.16. The molecule has 1 aromatic carbocycles. The van der Waals surface area contributed by atoms with Gasteiger partial charge in [-0.05, 0) is 42.0 Å². The normalized spacial score (nSPS) is 12.3. The molecule has 0 fully saturated rings. The van der Waals surface area contributed by atoms with Crippen LogP contribution in [0.15, 0.2) is 18.2 Å². The van der Waals surface area contributed by atoms with E-state index >= 15 is 0 Å². The predicted molar refractivity (Wildman–Crippen MR) is 72.5 cm³/mol. The largest absolute Gasteiger partial charge is 0.396 e. The molecule has 0 saturated carbocycles. The summed E-state index contributed by atoms with van der Waals surface area (Å²) in [6.45, 7) is 8.94. The smallest absolute Gasteiger partial charge is 0.0472 e. The first kappa shape index (κ1) is 12.2. The fourth-order valence-corrected chi connectivity index (χ4v) is 2.28. The second-order valence-corrected chi connectivity index (χ2v) is 5.71. The summed E-state index contributed by atoms with van der Waals surface area (Å²) in [6, 6.07) is 6.58. The number of aromatic nitrogens is 1. The molecule has 0 saturated heterocycles. The zero-order valence-electron chi connectivity index (χ0n) is 11.1. The Hall–Kier alpha value is -1.28. The Morgan fingerprint density at radius 3 is 2.53 bits per heavy atom. The average Bonchev–Trinajstić information content (AvgIpc) is 2.54. The summed E-state index contributed by atoms with van der Waals surface area (Å²) in [7, 11) is 0. The Bertz CT molecular complexity index is 532. The number of hydrogen-bond acceptors (Lipinski definition) is 1. The third-order valence-corrected chi connectivity index (χ3v) is 3.35. The number of aryl methyl sites for hydroxylation is 1. The molecule has 0 atom stereocenters. The third-order valence-electron chi connectivity index (χ3n) is 3.35. The van der Waals surface area contributed by atoms with Crippen molar-refractivity contribution in [1.82, 2.24) is 4.98 Å². The SMILES string of the molecule is Cc1[nH]c2ccc(C(C)(C)C)cc2c1CCO. The van der Waals surface area contributed by atoms with E-state index in [1.165, 1.54) is 27.7 Å². The van der Waals surface area contributed by atoms with Crippen LogP contribution in [0.5, 0.6) is 0 Å². The average molecular weight is 231 g/mol. The molecule has 0 aliphatic rings. The van der Waals surface area contributed by atoms with Crippen molar-refractivity contribution in [2.24, 2.45) is 0 Å². The second kappa shape index (κ2) is 4.19. The quantitative estimate of drug-likeness (QED) is 0.817. The van der Waals surface area contributed by atoms with Crippen molar-refractivity contribution >= 4 is 10.9 Å². The predicted octanol–water partition coefficient (Wildman–Crippen LogP) is 3.31. The van der Waals surface area contributed by atoms with E-state index in [0.717, 1.165) is 6.42 Å². The summed E-state index contributed by atoms with van der Waals surface area (Å²) >= 11 is 0. The van der Waals surface area contributed by atoms with Gasteiger partial charge in [0.1, 0.15) is 0 Å². The Kier molecular flexibility index (Phi) is 3.00. The van der Waals surface area contributed by atoms with Gasteiger partial charge < -0.3 is 10.1 Å². The van der Waals surface area contributed by atoms with E-state index in [4.69, 9.17) is 5.11 Å². The van der Waals surface area contributed by atoms with Gasteiger partial charge in [-0.3, -0.25) is 0 Å². The zero-order chi connectivity index (χ0) is 12.6. The van der Waals surface area contributed by atoms with Gasteiger partial charge in [0.05, 0.1) is 0 Å². The van der Waals surface area contributed by atoms with E-state index in [0.29, 0.717) is 0 Å². The molecule has 0 radical (unpaired) electrons. The topological polar surface area (TPSA) is 36.0 Å². The van der Waals surface area contributed by atoms with Crippen molar-refractivity contribution in [3.8, 4) is 0 Å². The van der Waals surface area contributed by atoms with Crippen molar-refractivity contribution in [3.63, 3.8) is 0 Å². The lowest BCUT2D eigenvalue weighted by molar-refractivity contribution is 0.300. The zero-order valence-corrected chi connectivity index (χ0v) is 11.1. The van der Waals surface area contributed by atoms with Gasteiger partial charge >= 0.3 is 0 Å². The van der Waals surface area contributed by atoms with Gasteiger partial charge in [-0.15, -0.1) is 0 Å². The first-order valence-corrected chi connectivity index (χ1v) is 6.16. The van der Waals surface area contributed by atoms with Crippen LogP contribution >= 0.6 is 0 Å². The van der Waals surface area contributed by atoms with Crippen LogP contribution in [-0.4, -0.2) is 16.7 Å². The van der Waals surface area contributed by atoms with Crippen LogP contribution < -0.4 is 0 Å². The fraction of sp³-hybridized carbons (Fsp3) is 0.467. The Morgan fingerprint density at radius 1 is 1.24 bits per heavy atom. The van der Waals surface area contributed by atoms with E-state index in [1.54, 1.807) is 0 Å². The standard InChI is InChI=1S/C15H21NO/c1-10-12(7-8-17)13-9-11(15(2,3)4)5-6-14(13)16-10/h5-6,9,16-17H,7-8H2,1-4H3. The minimum Gasteiger partial charge on any atom is -0.396 e. The molecule has 0 unspecified atom stereocenters. The molecule has 0 bridgehead atoms. The highest BCUT2D eigenvalue weighted by atomic mass is 16.2. The molecular weight excluding hydrogens is 210 g/mol. The highest BCUT2D eigenvalue weighted by molar-refractivity contribution is 5.85. The molecule has 1 heterocycles. The highest BCUT2D eigenvalue weighted by Crippen LogP contribution is 2.29. The summed E-state index contributed by atoms with van der Waals surface area (Å²) in [5, 5.41) is 10.4. The van der Waals surface area contributed by atoms with E-state index in [2.05, 4.69) is 50.9 Å². The molecule has 0 aliphatic carbocycles. The molecule has 2 rings (SSSR count). The van der Waals surface area contributed by atoms with Crippen LogP contribution in [-0.2, 0) is 11.8 Å². The number of aromatic amines is 1. The Labute approximate surface area is 103 Å². The molecule has 0 spiro atoms. The number of rotatable bonds is 2. The molecule has 2 N–H and O–H groups in total. The molecule has 2 heteroatoms. The molecule has 2 aromatic rings. The number of benzene rings is 1. The lowest BCUT2D eigenvalue weighted by Crippen LogP contribution is -2.10. The summed E-state index contributed by atoms with van der Waals surface area (Å²) in [4.78, 5) is 3.38. The minimum atomic E-state index is 0.163. The van der Waals surface area contributed by atoms with Gasteiger partial charge in [0.15, 0.2) is 0 Å². The van der Waals surface area contributed by atoms with Gasteiger partial charge in [-0.25, -0.2) is 0 Å². The van der Waals surface area contributed by atoms with Gasteiger partial charge in [0.2, 0.25) is 0 Å². The Balaban J connectivity index is 2.62. The lowest BCUT2D eigenvalue weighted by atomic mass is 9.86. The van der Waals surface area contributed by atoms with Crippen molar-refractivity contribution < 1.29 is 5.11 Å². The van der Waals surface area contributed by atoms with Crippen molar-refractivity contribution in [1.29, 1.82) is 0 Å². The molecule has 1 aromatic heterocycles. The van der Waals surface area contributed by atoms with E-state index in [-0.39, 0.29) is 12.0 Å². The number of H-pyrrole nitrogens is 1. The maximum absolute atomic E-state index is 9.14. The van der Waals surface area contributed by atoms with Crippen LogP contribution in [0, 0.1) is 6.92 Å². The fourth-order valence-electron chi connectivity index (χ4n) is 2.28. The molecule has 0 amide bonds. The van der Waals surface area contributed by atoms with E-state index < -0.39 is 0 Å². The summed E-state index contributed by atoms with van der Waals surface area (Å²) in [5.41, 5.74) is 5.08. The van der Waals surface area contributed by atoms with Crippen LogP contribution in [0.1, 0.15) is 37.6 Å². The van der Waals surface area contributed by atoms with Gasteiger partial charge in [-0.2, -0.15) is 0 Å². The summed E-state index contributed by atoms with van der Waals surface area (Å²) in [6.07, 6.45) is 0.722. The first-order chi connectivity index (χ1) is 7.93. The lowest BCUT2D eigenvalue weighted by Gasteiger charge is -2.19. The molecule has 92 valence electrons. The van der Waals surface area contributed by atoms with Crippen molar-refractivity contribution in [2.45, 2.75) is 39.5 Å². The molecule has 0 aliphatic heterocycles. The van der Waals surface area contributed by atoms with Crippen LogP contribution in [0.25, 0.3) is 10.9 Å². The van der Waals surface area contributed by atoms with Crippen molar-refractivity contribution in [3.05, 3.63) is 35.0 Å². The number of aliphatic hydroxyl groups is 1. The molecular formula is C15H21NO. The number of fused-ring (bicyclic) bond motifs is 1. The molecule has 17 heavy (non-hydrogen) atoms. The number of aliphatic hydroxyl groups excluding tert-OH is 1. The van der Waals surface area contributed by atoms with E-state index in [9.17, 15) is 0 Å². The van der Waals surface area contributed by atoms with Crippen LogP contribution in [0.2, 0.25) is 0 Å². The monoisotopic (exact) mass is 231 g/mol. The van der Waals surface area contributed by atoms with Gasteiger partial charge in [0.25, 0.3) is 0 Å². The number of hydrogen-bond donors (Lipinski definition) is 2. The first-order valence-electron chi connectivity index (χ1n) is 6.16. The summed E-state index contributed by atoms with van der Waals surface area (Å²) < 4.78 is 0. The summed E-state index contributed by atoms with van der Waals surface area (Å²) in [5.74, 6) is 0. The maximum Gasteiger partial charge on any atom is 0.0472 e.